The van der Waals surface area contributed by atoms with Gasteiger partial charge in [0, 0.05) is 29.9 Å². The van der Waals surface area contributed by atoms with Gasteiger partial charge in [0.25, 0.3) is 0 Å². The number of benzene rings is 2. The Morgan fingerprint density at radius 1 is 1.04 bits per heavy atom. The minimum Gasteiger partial charge on any atom is -0.326 e. The zero-order chi connectivity index (χ0) is 19.5. The number of aromatic nitrogens is 3. The molecule has 2 N–H and O–H groups in total. The van der Waals surface area contributed by atoms with Crippen LogP contribution in [0.15, 0.2) is 66.9 Å². The zero-order valence-corrected chi connectivity index (χ0v) is 15.0. The fourth-order valence-corrected chi connectivity index (χ4v) is 2.94. The molecule has 0 atom stereocenters. The van der Waals surface area contributed by atoms with Crippen LogP contribution in [0.1, 0.15) is 12.5 Å². The van der Waals surface area contributed by atoms with Crippen LogP contribution in [0.4, 0.5) is 17.3 Å². The highest BCUT2D eigenvalue weighted by Crippen LogP contribution is 2.28. The van der Waals surface area contributed by atoms with E-state index < -0.39 is 0 Å². The van der Waals surface area contributed by atoms with Crippen molar-refractivity contribution in [1.82, 2.24) is 14.6 Å². The zero-order valence-electron chi connectivity index (χ0n) is 15.0. The third-order valence-electron chi connectivity index (χ3n) is 4.17. The van der Waals surface area contributed by atoms with Gasteiger partial charge in [0.15, 0.2) is 5.65 Å². The summed E-state index contributed by atoms with van der Waals surface area (Å²) in [7, 11) is 0. The number of nitrogens with zero attached hydrogens (tertiary/aromatic N) is 4. The molecule has 2 heterocycles. The summed E-state index contributed by atoms with van der Waals surface area (Å²) in [5.41, 5.74) is 4.35. The summed E-state index contributed by atoms with van der Waals surface area (Å²) >= 11 is 0. The number of rotatable bonds is 4. The van der Waals surface area contributed by atoms with Gasteiger partial charge in [0.1, 0.15) is 6.07 Å². The summed E-state index contributed by atoms with van der Waals surface area (Å²) in [4.78, 5) is 15.9. The van der Waals surface area contributed by atoms with Gasteiger partial charge >= 0.3 is 0 Å². The second-order valence-corrected chi connectivity index (χ2v) is 6.17. The maximum atomic E-state index is 11.5. The number of nitrogens with one attached hydrogen (secondary N) is 2. The Hall–Kier alpha value is -4.18. The summed E-state index contributed by atoms with van der Waals surface area (Å²) < 4.78 is 1.66. The van der Waals surface area contributed by atoms with Crippen molar-refractivity contribution in [1.29, 1.82) is 5.26 Å². The van der Waals surface area contributed by atoms with Crippen LogP contribution < -0.4 is 10.6 Å². The topological polar surface area (TPSA) is 95.1 Å². The van der Waals surface area contributed by atoms with E-state index in [1.807, 2.05) is 48.7 Å². The van der Waals surface area contributed by atoms with E-state index in [0.29, 0.717) is 22.8 Å². The van der Waals surface area contributed by atoms with Crippen LogP contribution in [0.5, 0.6) is 0 Å². The van der Waals surface area contributed by atoms with E-state index in [1.54, 1.807) is 22.7 Å². The predicted molar refractivity (Wildman–Crippen MR) is 107 cm³/mol. The van der Waals surface area contributed by atoms with Crippen LogP contribution in [-0.2, 0) is 4.79 Å². The molecule has 1 amide bonds. The molecule has 0 aliphatic rings. The molecule has 4 aromatic rings. The van der Waals surface area contributed by atoms with Crippen molar-refractivity contribution in [3.63, 3.8) is 0 Å². The SMILES string of the molecule is CC(=O)Nc1ccccc1-c1ccc2nc(Nc3ccccc3C#N)nn2c1. The molecule has 0 saturated carbocycles. The molecule has 0 saturated heterocycles. The molecule has 4 rings (SSSR count). The molecule has 136 valence electrons. The summed E-state index contributed by atoms with van der Waals surface area (Å²) in [6, 6.07) is 20.7. The van der Waals surface area contributed by atoms with Gasteiger partial charge in [-0.15, -0.1) is 5.10 Å². The molecule has 28 heavy (non-hydrogen) atoms. The third-order valence-corrected chi connectivity index (χ3v) is 4.17. The Morgan fingerprint density at radius 2 is 1.79 bits per heavy atom. The minimum absolute atomic E-state index is 0.128. The number of fused-ring (bicyclic) bond motifs is 1. The number of pyridine rings is 1. The molecule has 0 fully saturated rings. The van der Waals surface area contributed by atoms with Gasteiger partial charge < -0.3 is 10.6 Å². The predicted octanol–water partition coefficient (Wildman–Crippen LogP) is 3.97. The van der Waals surface area contributed by atoms with E-state index in [0.717, 1.165) is 16.8 Å². The average Bonchev–Trinajstić information content (AvgIpc) is 3.10. The van der Waals surface area contributed by atoms with Crippen molar-refractivity contribution in [2.75, 3.05) is 10.6 Å². The maximum absolute atomic E-state index is 11.5. The molecule has 0 aliphatic carbocycles. The molecule has 0 spiro atoms. The molecular formula is C21H16N6O. The van der Waals surface area contributed by atoms with Gasteiger partial charge in [-0.05, 0) is 30.3 Å². The van der Waals surface area contributed by atoms with Gasteiger partial charge in [-0.1, -0.05) is 30.3 Å². The van der Waals surface area contributed by atoms with Crippen LogP contribution in [0, 0.1) is 11.3 Å². The monoisotopic (exact) mass is 368 g/mol. The fourth-order valence-electron chi connectivity index (χ4n) is 2.94. The summed E-state index contributed by atoms with van der Waals surface area (Å²) in [6.45, 7) is 1.48. The Bertz CT molecular complexity index is 1220. The molecule has 7 heteroatoms. The van der Waals surface area contributed by atoms with Gasteiger partial charge in [-0.3, -0.25) is 4.79 Å². The van der Waals surface area contributed by atoms with E-state index in [2.05, 4.69) is 26.8 Å². The summed E-state index contributed by atoms with van der Waals surface area (Å²) in [5.74, 6) is 0.270. The van der Waals surface area contributed by atoms with Crippen LogP contribution in [0.3, 0.4) is 0 Å². The largest absolute Gasteiger partial charge is 0.326 e. The molecule has 0 unspecified atom stereocenters. The lowest BCUT2D eigenvalue weighted by Crippen LogP contribution is -2.06. The summed E-state index contributed by atoms with van der Waals surface area (Å²) in [5, 5.41) is 19.6. The number of carbonyl (C=O) groups excluding carboxylic acids is 1. The summed E-state index contributed by atoms with van der Waals surface area (Å²) in [6.07, 6.45) is 1.85. The van der Waals surface area contributed by atoms with Crippen LogP contribution in [0.2, 0.25) is 0 Å². The van der Waals surface area contributed by atoms with Crippen molar-refractivity contribution in [2.24, 2.45) is 0 Å². The van der Waals surface area contributed by atoms with Crippen molar-refractivity contribution in [3.8, 4) is 17.2 Å². The maximum Gasteiger partial charge on any atom is 0.247 e. The number of amides is 1. The van der Waals surface area contributed by atoms with Crippen LogP contribution in [-0.4, -0.2) is 20.5 Å². The Kier molecular flexibility index (Phi) is 4.44. The standard InChI is InChI=1S/C21H16N6O/c1-14(28)23-19-9-5-3-7-17(19)16-10-11-20-25-21(26-27(20)13-16)24-18-8-4-2-6-15(18)12-22/h2-11,13H,1H3,(H,23,28)(H,24,26). The first kappa shape index (κ1) is 17.2. The minimum atomic E-state index is -0.128. The fraction of sp³-hybridized carbons (Fsp3) is 0.0476. The smallest absolute Gasteiger partial charge is 0.247 e. The van der Waals surface area contributed by atoms with E-state index in [9.17, 15) is 10.1 Å². The van der Waals surface area contributed by atoms with E-state index in [-0.39, 0.29) is 5.91 Å². The van der Waals surface area contributed by atoms with E-state index in [4.69, 9.17) is 0 Å². The molecule has 0 radical (unpaired) electrons. The number of nitriles is 1. The molecule has 2 aromatic heterocycles. The van der Waals surface area contributed by atoms with Crippen molar-refractivity contribution in [3.05, 3.63) is 72.4 Å². The van der Waals surface area contributed by atoms with Crippen molar-refractivity contribution >= 4 is 28.9 Å². The molecule has 0 aliphatic heterocycles. The lowest BCUT2D eigenvalue weighted by atomic mass is 10.1. The lowest BCUT2D eigenvalue weighted by molar-refractivity contribution is -0.114. The first-order valence-corrected chi connectivity index (χ1v) is 8.63. The molecule has 2 aromatic carbocycles. The number of para-hydroxylation sites is 2. The molecule has 7 nitrogen and oxygen atoms in total. The Labute approximate surface area is 161 Å². The first-order valence-electron chi connectivity index (χ1n) is 8.63. The Morgan fingerprint density at radius 3 is 2.57 bits per heavy atom. The Balaban J connectivity index is 1.70. The molecular weight excluding hydrogens is 352 g/mol. The van der Waals surface area contributed by atoms with Crippen molar-refractivity contribution < 1.29 is 4.79 Å². The lowest BCUT2D eigenvalue weighted by Gasteiger charge is -2.09. The van der Waals surface area contributed by atoms with Crippen LogP contribution >= 0.6 is 0 Å². The first-order chi connectivity index (χ1) is 13.6. The number of hydrogen-bond donors (Lipinski definition) is 2. The second-order valence-electron chi connectivity index (χ2n) is 6.17. The van der Waals surface area contributed by atoms with E-state index in [1.165, 1.54) is 6.92 Å². The quantitative estimate of drug-likeness (QED) is 0.568. The normalized spacial score (nSPS) is 10.4. The third kappa shape index (κ3) is 3.39. The highest BCUT2D eigenvalue weighted by Gasteiger charge is 2.10. The second kappa shape index (κ2) is 7.21. The van der Waals surface area contributed by atoms with Gasteiger partial charge in [-0.25, -0.2) is 4.52 Å². The number of hydrogen-bond acceptors (Lipinski definition) is 5. The highest BCUT2D eigenvalue weighted by atomic mass is 16.1. The van der Waals surface area contributed by atoms with Gasteiger partial charge in [0.2, 0.25) is 11.9 Å². The van der Waals surface area contributed by atoms with E-state index >= 15 is 0 Å². The molecule has 0 bridgehead atoms. The average molecular weight is 368 g/mol. The number of carbonyl (C=O) groups is 1. The number of anilines is 3. The van der Waals surface area contributed by atoms with Crippen molar-refractivity contribution in [2.45, 2.75) is 6.92 Å². The highest BCUT2D eigenvalue weighted by molar-refractivity contribution is 5.94. The van der Waals surface area contributed by atoms with Gasteiger partial charge in [0.05, 0.1) is 11.3 Å². The van der Waals surface area contributed by atoms with Crippen LogP contribution in [0.25, 0.3) is 16.8 Å². The van der Waals surface area contributed by atoms with Gasteiger partial charge in [-0.2, -0.15) is 10.2 Å².